The number of rotatable bonds is 6. The molecule has 0 radical (unpaired) electrons. The van der Waals surface area contributed by atoms with Crippen LogP contribution in [0.4, 0.5) is 0 Å². The van der Waals surface area contributed by atoms with Crippen molar-refractivity contribution in [3.63, 3.8) is 0 Å². The molecular weight excluding hydrogens is 214 g/mol. The lowest BCUT2D eigenvalue weighted by Crippen LogP contribution is -2.42. The van der Waals surface area contributed by atoms with Crippen molar-refractivity contribution in [2.45, 2.75) is 70.9 Å². The van der Waals surface area contributed by atoms with Crippen LogP contribution in [0.15, 0.2) is 0 Å². The zero-order valence-electron chi connectivity index (χ0n) is 11.5. The molecule has 0 amide bonds. The van der Waals surface area contributed by atoms with Crippen LogP contribution in [0.1, 0.15) is 58.8 Å². The summed E-state index contributed by atoms with van der Waals surface area (Å²) >= 11 is 0. The zero-order chi connectivity index (χ0) is 12.8. The van der Waals surface area contributed by atoms with Crippen molar-refractivity contribution in [3.8, 4) is 0 Å². The number of carboxylic acids is 1. The Morgan fingerprint density at radius 3 is 2.29 bits per heavy atom. The van der Waals surface area contributed by atoms with Crippen LogP contribution in [0.2, 0.25) is 0 Å². The van der Waals surface area contributed by atoms with Gasteiger partial charge in [0, 0.05) is 12.1 Å². The second kappa shape index (κ2) is 7.00. The molecule has 1 aliphatic rings. The van der Waals surface area contributed by atoms with Gasteiger partial charge in [-0.2, -0.15) is 0 Å². The van der Waals surface area contributed by atoms with Crippen LogP contribution in [0.5, 0.6) is 0 Å². The van der Waals surface area contributed by atoms with Gasteiger partial charge in [0.25, 0.3) is 0 Å². The Balaban J connectivity index is 2.45. The molecule has 1 N–H and O–H groups in total. The smallest absolute Gasteiger partial charge is 0.304 e. The van der Waals surface area contributed by atoms with E-state index in [2.05, 4.69) is 25.8 Å². The largest absolute Gasteiger partial charge is 0.481 e. The Morgan fingerprint density at radius 1 is 1.29 bits per heavy atom. The zero-order valence-corrected chi connectivity index (χ0v) is 11.5. The number of hydrogen-bond donors (Lipinski definition) is 1. The summed E-state index contributed by atoms with van der Waals surface area (Å²) in [4.78, 5) is 13.1. The molecule has 100 valence electrons. The van der Waals surface area contributed by atoms with Gasteiger partial charge < -0.3 is 5.11 Å². The lowest BCUT2D eigenvalue weighted by atomic mass is 9.83. The van der Waals surface area contributed by atoms with Crippen molar-refractivity contribution >= 4 is 5.97 Å². The van der Waals surface area contributed by atoms with Gasteiger partial charge in [0.15, 0.2) is 0 Å². The van der Waals surface area contributed by atoms with E-state index in [1.807, 2.05) is 0 Å². The summed E-state index contributed by atoms with van der Waals surface area (Å²) in [6.07, 6.45) is 7.61. The fraction of sp³-hybridized carbons (Fsp3) is 0.929. The molecule has 1 unspecified atom stereocenters. The minimum Gasteiger partial charge on any atom is -0.481 e. The molecule has 0 aromatic carbocycles. The summed E-state index contributed by atoms with van der Waals surface area (Å²) < 4.78 is 0. The van der Waals surface area contributed by atoms with E-state index >= 15 is 0 Å². The SMILES string of the molecule is CCC1CCC(N(C)C(CC)CC(=O)O)CC1. The second-order valence-corrected chi connectivity index (χ2v) is 5.41. The van der Waals surface area contributed by atoms with Crippen molar-refractivity contribution in [2.24, 2.45) is 5.92 Å². The summed E-state index contributed by atoms with van der Waals surface area (Å²) in [5.74, 6) is 0.227. The Morgan fingerprint density at radius 2 is 1.88 bits per heavy atom. The molecule has 0 aromatic heterocycles. The van der Waals surface area contributed by atoms with Crippen LogP contribution in [-0.2, 0) is 4.79 Å². The Kier molecular flexibility index (Phi) is 5.96. The number of carboxylic acid groups (broad SMARTS) is 1. The van der Waals surface area contributed by atoms with E-state index in [-0.39, 0.29) is 12.5 Å². The van der Waals surface area contributed by atoms with Crippen LogP contribution in [-0.4, -0.2) is 35.1 Å². The molecule has 0 aromatic rings. The van der Waals surface area contributed by atoms with Crippen LogP contribution in [0.25, 0.3) is 0 Å². The third-order valence-corrected chi connectivity index (χ3v) is 4.43. The number of carbonyl (C=O) groups is 1. The highest BCUT2D eigenvalue weighted by molar-refractivity contribution is 5.67. The highest BCUT2D eigenvalue weighted by Gasteiger charge is 2.27. The molecule has 3 nitrogen and oxygen atoms in total. The average Bonchev–Trinajstić information content (AvgIpc) is 2.35. The van der Waals surface area contributed by atoms with Crippen molar-refractivity contribution in [3.05, 3.63) is 0 Å². The average molecular weight is 241 g/mol. The van der Waals surface area contributed by atoms with E-state index in [9.17, 15) is 4.79 Å². The molecule has 3 heteroatoms. The molecule has 0 heterocycles. The molecule has 1 fully saturated rings. The topological polar surface area (TPSA) is 40.5 Å². The fourth-order valence-electron chi connectivity index (χ4n) is 3.04. The molecule has 0 saturated heterocycles. The van der Waals surface area contributed by atoms with Crippen LogP contribution in [0.3, 0.4) is 0 Å². The van der Waals surface area contributed by atoms with E-state index in [0.717, 1.165) is 12.3 Å². The number of hydrogen-bond acceptors (Lipinski definition) is 2. The van der Waals surface area contributed by atoms with Gasteiger partial charge in [-0.3, -0.25) is 9.69 Å². The summed E-state index contributed by atoms with van der Waals surface area (Å²) in [5, 5.41) is 8.92. The van der Waals surface area contributed by atoms with Crippen molar-refractivity contribution in [2.75, 3.05) is 7.05 Å². The summed E-state index contributed by atoms with van der Waals surface area (Å²) in [6.45, 7) is 4.36. The lowest BCUT2D eigenvalue weighted by Gasteiger charge is -2.38. The maximum Gasteiger partial charge on any atom is 0.304 e. The monoisotopic (exact) mass is 241 g/mol. The third-order valence-electron chi connectivity index (χ3n) is 4.43. The first-order valence-corrected chi connectivity index (χ1v) is 7.02. The predicted molar refractivity (Wildman–Crippen MR) is 70.1 cm³/mol. The molecular formula is C14H27NO2. The third kappa shape index (κ3) is 4.30. The van der Waals surface area contributed by atoms with Crippen LogP contribution >= 0.6 is 0 Å². The molecule has 1 rings (SSSR count). The lowest BCUT2D eigenvalue weighted by molar-refractivity contribution is -0.138. The van der Waals surface area contributed by atoms with Crippen molar-refractivity contribution in [1.82, 2.24) is 4.90 Å². The van der Waals surface area contributed by atoms with Gasteiger partial charge in [0.2, 0.25) is 0 Å². The molecule has 0 aliphatic heterocycles. The molecule has 1 aliphatic carbocycles. The van der Waals surface area contributed by atoms with Gasteiger partial charge in [0.05, 0.1) is 6.42 Å². The molecule has 0 bridgehead atoms. The fourth-order valence-corrected chi connectivity index (χ4v) is 3.04. The van der Waals surface area contributed by atoms with Crippen LogP contribution < -0.4 is 0 Å². The molecule has 1 saturated carbocycles. The first-order valence-electron chi connectivity index (χ1n) is 7.02. The minimum absolute atomic E-state index is 0.204. The summed E-state index contributed by atoms with van der Waals surface area (Å²) in [5.41, 5.74) is 0. The molecule has 0 spiro atoms. The van der Waals surface area contributed by atoms with E-state index in [1.165, 1.54) is 32.1 Å². The highest BCUT2D eigenvalue weighted by Crippen LogP contribution is 2.30. The standard InChI is InChI=1S/C14H27NO2/c1-4-11-6-8-13(9-7-11)15(3)12(5-2)10-14(16)17/h11-13H,4-10H2,1-3H3,(H,16,17). The normalized spacial score (nSPS) is 27.1. The van der Waals surface area contributed by atoms with Crippen molar-refractivity contribution in [1.29, 1.82) is 0 Å². The molecule has 17 heavy (non-hydrogen) atoms. The van der Waals surface area contributed by atoms with E-state index in [4.69, 9.17) is 5.11 Å². The van der Waals surface area contributed by atoms with Gasteiger partial charge in [-0.15, -0.1) is 0 Å². The van der Waals surface area contributed by atoms with Gasteiger partial charge in [0.1, 0.15) is 0 Å². The predicted octanol–water partition coefficient (Wildman–Crippen LogP) is 3.14. The first-order chi connectivity index (χ1) is 8.08. The van der Waals surface area contributed by atoms with Crippen LogP contribution in [0, 0.1) is 5.92 Å². The maximum absolute atomic E-state index is 10.8. The minimum atomic E-state index is -0.675. The number of aliphatic carboxylic acids is 1. The molecule has 1 atom stereocenters. The van der Waals surface area contributed by atoms with Crippen molar-refractivity contribution < 1.29 is 9.90 Å². The Hall–Kier alpha value is -0.570. The summed E-state index contributed by atoms with van der Waals surface area (Å²) in [7, 11) is 2.11. The first kappa shape index (κ1) is 14.5. The van der Waals surface area contributed by atoms with Gasteiger partial charge in [-0.05, 0) is 45.1 Å². The summed E-state index contributed by atoms with van der Waals surface area (Å²) in [6, 6.07) is 0.803. The quantitative estimate of drug-likeness (QED) is 0.776. The van der Waals surface area contributed by atoms with E-state index in [1.54, 1.807) is 0 Å². The van der Waals surface area contributed by atoms with E-state index < -0.39 is 5.97 Å². The van der Waals surface area contributed by atoms with E-state index in [0.29, 0.717) is 6.04 Å². The van der Waals surface area contributed by atoms with Gasteiger partial charge in [-0.25, -0.2) is 0 Å². The maximum atomic E-state index is 10.8. The highest BCUT2D eigenvalue weighted by atomic mass is 16.4. The Bertz CT molecular complexity index is 234. The Labute approximate surface area is 105 Å². The van der Waals surface area contributed by atoms with Gasteiger partial charge in [-0.1, -0.05) is 20.3 Å². The number of nitrogens with zero attached hydrogens (tertiary/aromatic N) is 1. The second-order valence-electron chi connectivity index (χ2n) is 5.41. The van der Waals surface area contributed by atoms with Gasteiger partial charge >= 0.3 is 5.97 Å².